The molecule has 0 aliphatic rings. The van der Waals surface area contributed by atoms with Crippen molar-refractivity contribution in [3.05, 3.63) is 12.3 Å². The maximum absolute atomic E-state index is 9.89. The van der Waals surface area contributed by atoms with Crippen LogP contribution in [0.4, 0.5) is 0 Å². The normalized spacial score (nSPS) is 13.4. The van der Waals surface area contributed by atoms with E-state index < -0.39 is 5.60 Å². The molecule has 14 heavy (non-hydrogen) atoms. The van der Waals surface area contributed by atoms with Gasteiger partial charge in [-0.1, -0.05) is 13.8 Å². The number of aliphatic hydroxyl groups excluding tert-OH is 1. The topological polar surface area (TPSA) is 80.6 Å². The van der Waals surface area contributed by atoms with Crippen LogP contribution >= 0.6 is 0 Å². The molecule has 0 spiro atoms. The third-order valence-corrected chi connectivity index (χ3v) is 1.68. The van der Waals surface area contributed by atoms with E-state index >= 15 is 0 Å². The summed E-state index contributed by atoms with van der Waals surface area (Å²) in [6.07, 6.45) is 1.89. The highest BCUT2D eigenvalue weighted by Crippen LogP contribution is 2.14. The summed E-state index contributed by atoms with van der Waals surface area (Å²) in [5.74, 6) is -0.0833. The summed E-state index contributed by atoms with van der Waals surface area (Å²) in [7, 11) is 0. The third kappa shape index (κ3) is 11.1. The average molecular weight is 203 g/mol. The van der Waals surface area contributed by atoms with E-state index in [0.29, 0.717) is 19.3 Å². The van der Waals surface area contributed by atoms with Gasteiger partial charge in [0.15, 0.2) is 0 Å². The smallest absolute Gasteiger partial charge is 0.120 e. The van der Waals surface area contributed by atoms with E-state index in [-0.39, 0.29) is 12.4 Å². The first-order chi connectivity index (χ1) is 6.41. The first kappa shape index (κ1) is 15.6. The van der Waals surface area contributed by atoms with Gasteiger partial charge in [-0.3, -0.25) is 0 Å². The van der Waals surface area contributed by atoms with Crippen LogP contribution in [0.15, 0.2) is 12.3 Å². The van der Waals surface area contributed by atoms with E-state index in [1.807, 2.05) is 0 Å². The van der Waals surface area contributed by atoms with Gasteiger partial charge >= 0.3 is 0 Å². The molecule has 2 N–H and O–H groups in total. The number of allylic oxidation sites excluding steroid dienone is 1. The van der Waals surface area contributed by atoms with Gasteiger partial charge < -0.3 is 20.1 Å². The Hall–Kier alpha value is -0.870. The molecule has 1 atom stereocenters. The Balaban J connectivity index is 0. The van der Waals surface area contributed by atoms with E-state index in [1.54, 1.807) is 6.92 Å². The Kier molecular flexibility index (Phi) is 9.71. The monoisotopic (exact) mass is 203 g/mol. The first-order valence-corrected chi connectivity index (χ1v) is 4.51. The second-order valence-corrected chi connectivity index (χ2v) is 3.14. The Morgan fingerprint density at radius 2 is 2.07 bits per heavy atom. The van der Waals surface area contributed by atoms with Crippen LogP contribution < -0.4 is 5.11 Å². The molecular weight excluding hydrogens is 184 g/mol. The van der Waals surface area contributed by atoms with Crippen molar-refractivity contribution in [2.75, 3.05) is 6.61 Å². The minimum atomic E-state index is -1.04. The summed E-state index contributed by atoms with van der Waals surface area (Å²) >= 11 is 0. The Bertz CT molecular complexity index is 158. The molecule has 0 aromatic carbocycles. The molecule has 1 unspecified atom stereocenters. The maximum Gasteiger partial charge on any atom is 0.120 e. The van der Waals surface area contributed by atoms with E-state index in [4.69, 9.17) is 5.11 Å². The fraction of sp³-hybridized carbons (Fsp3) is 0.700. The molecule has 0 fully saturated rings. The van der Waals surface area contributed by atoms with Crippen molar-refractivity contribution in [3.63, 3.8) is 0 Å². The number of rotatable bonds is 5. The average Bonchev–Trinajstić information content (AvgIpc) is 2.13. The highest BCUT2D eigenvalue weighted by molar-refractivity contribution is 5.49. The van der Waals surface area contributed by atoms with Crippen LogP contribution in [0.25, 0.3) is 0 Å². The van der Waals surface area contributed by atoms with Crippen LogP contribution in [0.5, 0.6) is 0 Å². The minimum Gasteiger partial charge on any atom is -0.876 e. The molecule has 4 nitrogen and oxygen atoms in total. The van der Waals surface area contributed by atoms with Crippen LogP contribution in [0.2, 0.25) is 0 Å². The van der Waals surface area contributed by atoms with Crippen molar-refractivity contribution in [1.29, 1.82) is 0 Å². The van der Waals surface area contributed by atoms with Crippen LogP contribution in [-0.2, 0) is 4.79 Å². The summed E-state index contributed by atoms with van der Waals surface area (Å²) in [5.41, 5.74) is -1.04. The van der Waals surface area contributed by atoms with Crippen molar-refractivity contribution < 1.29 is 20.1 Å². The van der Waals surface area contributed by atoms with E-state index in [1.165, 1.54) is 6.92 Å². The standard InChI is InChI=1S/C7H14O3.C3H6O/c1-2-7(10,6-9)4-3-5-8;1-3(2)4/h5,9-10H,2-4,6H2,1H3;4H,1H2,2H3/p-1. The fourth-order valence-corrected chi connectivity index (χ4v) is 0.695. The van der Waals surface area contributed by atoms with Crippen molar-refractivity contribution >= 4 is 6.29 Å². The lowest BCUT2D eigenvalue weighted by Gasteiger charge is -2.22. The maximum atomic E-state index is 9.89. The molecule has 0 saturated carbocycles. The Morgan fingerprint density at radius 3 is 2.29 bits per heavy atom. The molecule has 0 aromatic rings. The van der Waals surface area contributed by atoms with Crippen LogP contribution in [0, 0.1) is 0 Å². The van der Waals surface area contributed by atoms with Gasteiger partial charge in [0.2, 0.25) is 0 Å². The Morgan fingerprint density at radius 1 is 1.64 bits per heavy atom. The molecule has 4 heteroatoms. The van der Waals surface area contributed by atoms with Crippen LogP contribution in [-0.4, -0.2) is 28.7 Å². The lowest BCUT2D eigenvalue weighted by Crippen LogP contribution is -2.32. The van der Waals surface area contributed by atoms with Gasteiger partial charge in [0.05, 0.1) is 12.2 Å². The van der Waals surface area contributed by atoms with Gasteiger partial charge in [0.1, 0.15) is 6.29 Å². The van der Waals surface area contributed by atoms with Gasteiger partial charge in [-0.15, -0.1) is 12.3 Å². The van der Waals surface area contributed by atoms with Gasteiger partial charge in [0, 0.05) is 6.42 Å². The second-order valence-electron chi connectivity index (χ2n) is 3.14. The highest BCUT2D eigenvalue weighted by atomic mass is 16.3. The lowest BCUT2D eigenvalue weighted by molar-refractivity contribution is -0.300. The molecule has 0 heterocycles. The zero-order chi connectivity index (χ0) is 11.6. The molecular formula is C10H19O4-. The van der Waals surface area contributed by atoms with Gasteiger partial charge in [-0.05, 0) is 12.8 Å². The number of hydrogen-bond acceptors (Lipinski definition) is 4. The number of carbonyl (C=O) groups excluding carboxylic acids is 1. The molecule has 0 aliphatic carbocycles. The number of hydrogen-bond donors (Lipinski definition) is 2. The quantitative estimate of drug-likeness (QED) is 0.486. The predicted molar refractivity (Wildman–Crippen MR) is 52.4 cm³/mol. The predicted octanol–water partition coefficient (Wildman–Crippen LogP) is -0.0208. The summed E-state index contributed by atoms with van der Waals surface area (Å²) in [5, 5.41) is 27.3. The number of aliphatic hydroxyl groups is 2. The van der Waals surface area contributed by atoms with Gasteiger partial charge in [-0.25, -0.2) is 0 Å². The zero-order valence-electron chi connectivity index (χ0n) is 8.82. The molecule has 0 amide bonds. The van der Waals surface area contributed by atoms with Gasteiger partial charge in [-0.2, -0.15) is 0 Å². The number of carbonyl (C=O) groups is 1. The summed E-state index contributed by atoms with van der Waals surface area (Å²) in [6.45, 7) is 5.93. The third-order valence-electron chi connectivity index (χ3n) is 1.68. The molecule has 0 radical (unpaired) electrons. The molecule has 0 saturated heterocycles. The van der Waals surface area contributed by atoms with Gasteiger partial charge in [0.25, 0.3) is 0 Å². The van der Waals surface area contributed by atoms with E-state index in [2.05, 4.69) is 6.58 Å². The molecule has 0 rings (SSSR count). The van der Waals surface area contributed by atoms with Crippen molar-refractivity contribution in [1.82, 2.24) is 0 Å². The largest absolute Gasteiger partial charge is 0.876 e. The second kappa shape index (κ2) is 8.72. The summed E-state index contributed by atoms with van der Waals surface area (Å²) in [4.78, 5) is 9.89. The van der Waals surface area contributed by atoms with Crippen LogP contribution in [0.1, 0.15) is 33.1 Å². The Labute approximate surface area is 84.9 Å². The summed E-state index contributed by atoms with van der Waals surface area (Å²) in [6, 6.07) is 0. The lowest BCUT2D eigenvalue weighted by atomic mass is 9.96. The molecule has 0 bridgehead atoms. The van der Waals surface area contributed by atoms with Crippen molar-refractivity contribution in [2.45, 2.75) is 38.7 Å². The van der Waals surface area contributed by atoms with Crippen molar-refractivity contribution in [2.24, 2.45) is 0 Å². The molecule has 0 aliphatic heterocycles. The molecule has 0 aromatic heterocycles. The molecule has 84 valence electrons. The minimum absolute atomic E-state index is 0.0833. The highest BCUT2D eigenvalue weighted by Gasteiger charge is 2.22. The van der Waals surface area contributed by atoms with E-state index in [0.717, 1.165) is 6.29 Å². The van der Waals surface area contributed by atoms with Crippen LogP contribution in [0.3, 0.4) is 0 Å². The fourth-order valence-electron chi connectivity index (χ4n) is 0.695. The number of aldehydes is 1. The summed E-state index contributed by atoms with van der Waals surface area (Å²) < 4.78 is 0. The SMILES string of the molecule is C=C(C)[O-].CCC(O)(CO)CCC=O. The van der Waals surface area contributed by atoms with Crippen molar-refractivity contribution in [3.8, 4) is 0 Å². The zero-order valence-corrected chi connectivity index (χ0v) is 8.82. The van der Waals surface area contributed by atoms with E-state index in [9.17, 15) is 15.0 Å². The first-order valence-electron chi connectivity index (χ1n) is 4.51.